The van der Waals surface area contributed by atoms with Crippen molar-refractivity contribution in [2.24, 2.45) is 0 Å². The lowest BCUT2D eigenvalue weighted by molar-refractivity contribution is -0.114. The number of carbonyl (C=O) groups is 1. The van der Waals surface area contributed by atoms with Crippen molar-refractivity contribution in [2.75, 3.05) is 29.9 Å². The summed E-state index contributed by atoms with van der Waals surface area (Å²) in [5.41, 5.74) is 4.76. The molecule has 0 aromatic heterocycles. The zero-order valence-corrected chi connectivity index (χ0v) is 15.3. The zero-order chi connectivity index (χ0) is 17.8. The number of rotatable bonds is 4. The Morgan fingerprint density at radius 1 is 1.08 bits per heavy atom. The van der Waals surface area contributed by atoms with E-state index < -0.39 is 0 Å². The Hall–Kier alpha value is -2.33. The molecule has 4 nitrogen and oxygen atoms in total. The Morgan fingerprint density at radius 3 is 2.36 bits per heavy atom. The van der Waals surface area contributed by atoms with E-state index >= 15 is 0 Å². The minimum absolute atomic E-state index is 0.0335. The van der Waals surface area contributed by atoms with Crippen molar-refractivity contribution in [1.29, 1.82) is 0 Å². The molecule has 1 saturated heterocycles. The number of hydrogen-bond donors (Lipinski definition) is 1. The van der Waals surface area contributed by atoms with Crippen LogP contribution in [-0.2, 0) is 11.3 Å². The smallest absolute Gasteiger partial charge is 0.221 e. The van der Waals surface area contributed by atoms with E-state index in [1.807, 2.05) is 12.1 Å². The minimum Gasteiger partial charge on any atom is -0.366 e. The topological polar surface area (TPSA) is 35.6 Å². The van der Waals surface area contributed by atoms with Gasteiger partial charge in [0.2, 0.25) is 5.91 Å². The molecule has 132 valence electrons. The average Bonchev–Trinajstić information content (AvgIpc) is 2.57. The molecule has 0 aliphatic carbocycles. The van der Waals surface area contributed by atoms with E-state index in [0.717, 1.165) is 31.9 Å². The van der Waals surface area contributed by atoms with E-state index in [2.05, 4.69) is 65.4 Å². The van der Waals surface area contributed by atoms with Gasteiger partial charge in [0.25, 0.3) is 0 Å². The van der Waals surface area contributed by atoms with Gasteiger partial charge in [-0.1, -0.05) is 29.8 Å². The first-order chi connectivity index (χ1) is 12.0. The van der Waals surface area contributed by atoms with Crippen LogP contribution >= 0.6 is 0 Å². The molecule has 2 aromatic carbocycles. The third-order valence-corrected chi connectivity index (χ3v) is 4.76. The molecule has 1 aliphatic rings. The molecule has 1 amide bonds. The predicted octanol–water partition coefficient (Wildman–Crippen LogP) is 3.66. The predicted molar refractivity (Wildman–Crippen MR) is 104 cm³/mol. The molecule has 0 saturated carbocycles. The highest BCUT2D eigenvalue weighted by Crippen LogP contribution is 2.22. The van der Waals surface area contributed by atoms with Crippen molar-refractivity contribution >= 4 is 17.3 Å². The van der Waals surface area contributed by atoms with Crippen LogP contribution in [0.15, 0.2) is 48.5 Å². The number of aryl methyl sites for hydroxylation is 1. The van der Waals surface area contributed by atoms with Crippen molar-refractivity contribution in [1.82, 2.24) is 4.90 Å². The van der Waals surface area contributed by atoms with Crippen LogP contribution in [0.25, 0.3) is 0 Å². The number of nitrogens with zero attached hydrogens (tertiary/aromatic N) is 2. The first kappa shape index (κ1) is 17.5. The van der Waals surface area contributed by atoms with E-state index in [-0.39, 0.29) is 5.91 Å². The fourth-order valence-corrected chi connectivity index (χ4v) is 3.45. The summed E-state index contributed by atoms with van der Waals surface area (Å²) in [6.07, 6.45) is 0. The van der Waals surface area contributed by atoms with Crippen LogP contribution in [0.4, 0.5) is 11.4 Å². The van der Waals surface area contributed by atoms with Crippen molar-refractivity contribution in [3.63, 3.8) is 0 Å². The van der Waals surface area contributed by atoms with Crippen molar-refractivity contribution < 1.29 is 4.79 Å². The largest absolute Gasteiger partial charge is 0.366 e. The molecule has 25 heavy (non-hydrogen) atoms. The number of hydrogen-bond acceptors (Lipinski definition) is 3. The van der Waals surface area contributed by atoms with Gasteiger partial charge in [-0.15, -0.1) is 0 Å². The maximum atomic E-state index is 11.1. The summed E-state index contributed by atoms with van der Waals surface area (Å²) in [6.45, 7) is 10.1. The van der Waals surface area contributed by atoms with Crippen LogP contribution in [0.2, 0.25) is 0 Å². The van der Waals surface area contributed by atoms with Gasteiger partial charge in [0.1, 0.15) is 0 Å². The van der Waals surface area contributed by atoms with Crippen LogP contribution in [0, 0.1) is 6.92 Å². The number of piperazine rings is 1. The van der Waals surface area contributed by atoms with Crippen LogP contribution in [0.3, 0.4) is 0 Å². The quantitative estimate of drug-likeness (QED) is 0.925. The highest BCUT2D eigenvalue weighted by Gasteiger charge is 2.23. The van der Waals surface area contributed by atoms with Gasteiger partial charge in [-0.2, -0.15) is 0 Å². The first-order valence-corrected chi connectivity index (χ1v) is 8.93. The first-order valence-electron chi connectivity index (χ1n) is 8.93. The van der Waals surface area contributed by atoms with Gasteiger partial charge in [-0.3, -0.25) is 9.69 Å². The Bertz CT molecular complexity index is 709. The van der Waals surface area contributed by atoms with Gasteiger partial charge in [-0.25, -0.2) is 0 Å². The maximum absolute atomic E-state index is 11.1. The second kappa shape index (κ2) is 7.70. The average molecular weight is 337 g/mol. The molecule has 0 spiro atoms. The number of nitrogens with one attached hydrogen (secondary N) is 1. The van der Waals surface area contributed by atoms with Crippen LogP contribution < -0.4 is 10.2 Å². The molecule has 1 N–H and O–H groups in total. The highest BCUT2D eigenvalue weighted by atomic mass is 16.1. The summed E-state index contributed by atoms with van der Waals surface area (Å²) in [5.74, 6) is -0.0335. The standard InChI is InChI=1S/C21H27N3O/c1-16-4-10-21(11-5-16)24-13-12-23(14-17(24)2)15-19-6-8-20(9-7-19)22-18(3)25/h4-11,17H,12-15H2,1-3H3,(H,22,25). The second-order valence-electron chi connectivity index (χ2n) is 6.99. The van der Waals surface area contributed by atoms with Crippen molar-refractivity contribution in [3.8, 4) is 0 Å². The Balaban J connectivity index is 1.57. The fraction of sp³-hybridized carbons (Fsp3) is 0.381. The van der Waals surface area contributed by atoms with E-state index in [1.165, 1.54) is 23.7 Å². The van der Waals surface area contributed by atoms with Gasteiger partial charge >= 0.3 is 0 Å². The SMILES string of the molecule is CC(=O)Nc1ccc(CN2CCN(c3ccc(C)cc3)C(C)C2)cc1. The lowest BCUT2D eigenvalue weighted by Crippen LogP contribution is -2.51. The third kappa shape index (κ3) is 4.60. The Kier molecular flexibility index (Phi) is 5.39. The third-order valence-electron chi connectivity index (χ3n) is 4.76. The molecule has 1 atom stereocenters. The normalized spacial score (nSPS) is 18.2. The minimum atomic E-state index is -0.0335. The Labute approximate surface area is 150 Å². The molecule has 1 heterocycles. The molecule has 1 fully saturated rings. The van der Waals surface area contributed by atoms with Gasteiger partial charge < -0.3 is 10.2 Å². The summed E-state index contributed by atoms with van der Waals surface area (Å²) in [6, 6.07) is 17.5. The van der Waals surface area contributed by atoms with Crippen molar-refractivity contribution in [2.45, 2.75) is 33.4 Å². The fourth-order valence-electron chi connectivity index (χ4n) is 3.45. The second-order valence-corrected chi connectivity index (χ2v) is 6.99. The van der Waals surface area contributed by atoms with E-state index in [0.29, 0.717) is 6.04 Å². The van der Waals surface area contributed by atoms with E-state index in [9.17, 15) is 4.79 Å². The molecule has 1 unspecified atom stereocenters. The highest BCUT2D eigenvalue weighted by molar-refractivity contribution is 5.88. The van der Waals surface area contributed by atoms with Crippen LogP contribution in [0.5, 0.6) is 0 Å². The number of benzene rings is 2. The molecular formula is C21H27N3O. The molecule has 4 heteroatoms. The number of carbonyl (C=O) groups excluding carboxylic acids is 1. The summed E-state index contributed by atoms with van der Waals surface area (Å²) in [5, 5.41) is 2.81. The zero-order valence-electron chi connectivity index (χ0n) is 15.3. The number of anilines is 2. The monoisotopic (exact) mass is 337 g/mol. The van der Waals surface area contributed by atoms with Gasteiger partial charge in [-0.05, 0) is 43.7 Å². The van der Waals surface area contributed by atoms with Gasteiger partial charge in [0, 0.05) is 50.5 Å². The summed E-state index contributed by atoms with van der Waals surface area (Å²) in [7, 11) is 0. The number of amides is 1. The maximum Gasteiger partial charge on any atom is 0.221 e. The molecule has 3 rings (SSSR count). The van der Waals surface area contributed by atoms with Gasteiger partial charge in [0.05, 0.1) is 0 Å². The van der Waals surface area contributed by atoms with E-state index in [4.69, 9.17) is 0 Å². The molecule has 0 radical (unpaired) electrons. The van der Waals surface area contributed by atoms with Crippen LogP contribution in [-0.4, -0.2) is 36.5 Å². The summed E-state index contributed by atoms with van der Waals surface area (Å²) >= 11 is 0. The summed E-state index contributed by atoms with van der Waals surface area (Å²) in [4.78, 5) is 16.1. The van der Waals surface area contributed by atoms with E-state index in [1.54, 1.807) is 0 Å². The lowest BCUT2D eigenvalue weighted by Gasteiger charge is -2.41. The summed E-state index contributed by atoms with van der Waals surface area (Å²) < 4.78 is 0. The van der Waals surface area contributed by atoms with Crippen LogP contribution in [0.1, 0.15) is 25.0 Å². The molecule has 0 bridgehead atoms. The lowest BCUT2D eigenvalue weighted by atomic mass is 10.1. The molecule has 2 aromatic rings. The Morgan fingerprint density at radius 2 is 1.76 bits per heavy atom. The van der Waals surface area contributed by atoms with Crippen molar-refractivity contribution in [3.05, 3.63) is 59.7 Å². The molecular weight excluding hydrogens is 310 g/mol. The van der Waals surface area contributed by atoms with Gasteiger partial charge in [0.15, 0.2) is 0 Å². The molecule has 1 aliphatic heterocycles.